The van der Waals surface area contributed by atoms with Gasteiger partial charge in [-0.3, -0.25) is 9.59 Å². The molecule has 1 saturated heterocycles. The minimum atomic E-state index is -0.325. The molecule has 0 unspecified atom stereocenters. The molecule has 2 heterocycles. The summed E-state index contributed by atoms with van der Waals surface area (Å²) in [6.07, 6.45) is 1.54. The minimum Gasteiger partial charge on any atom is -0.368 e. The standard InChI is InChI=1S/C17H19N3O2/c1-13-4-2-5-14(12-13)19-8-10-20(11-9-19)17(22)15-6-3-7-18-16(15)21/h2-7,12H,8-11H2,1H3,(H,18,21). The lowest BCUT2D eigenvalue weighted by Gasteiger charge is -2.36. The van der Waals surface area contributed by atoms with Crippen LogP contribution >= 0.6 is 0 Å². The average molecular weight is 297 g/mol. The first-order chi connectivity index (χ1) is 10.6. The van der Waals surface area contributed by atoms with E-state index in [1.54, 1.807) is 17.0 Å². The van der Waals surface area contributed by atoms with Gasteiger partial charge in [0.2, 0.25) is 0 Å². The number of piperazine rings is 1. The van der Waals surface area contributed by atoms with Crippen LogP contribution in [0, 0.1) is 6.92 Å². The van der Waals surface area contributed by atoms with Crippen LogP contribution in [0.25, 0.3) is 0 Å². The molecule has 0 radical (unpaired) electrons. The van der Waals surface area contributed by atoms with E-state index >= 15 is 0 Å². The molecule has 3 rings (SSSR count). The first-order valence-corrected chi connectivity index (χ1v) is 7.44. The maximum atomic E-state index is 12.4. The maximum absolute atomic E-state index is 12.4. The Morgan fingerprint density at radius 2 is 1.86 bits per heavy atom. The maximum Gasteiger partial charge on any atom is 0.260 e. The summed E-state index contributed by atoms with van der Waals surface area (Å²) < 4.78 is 0. The van der Waals surface area contributed by atoms with Crippen LogP contribution in [0.4, 0.5) is 5.69 Å². The number of nitrogens with zero attached hydrogens (tertiary/aromatic N) is 2. The predicted molar refractivity (Wildman–Crippen MR) is 86.4 cm³/mol. The van der Waals surface area contributed by atoms with E-state index in [1.165, 1.54) is 17.4 Å². The second-order valence-corrected chi connectivity index (χ2v) is 5.53. The number of pyridine rings is 1. The number of anilines is 1. The van der Waals surface area contributed by atoms with E-state index in [9.17, 15) is 9.59 Å². The first kappa shape index (κ1) is 14.4. The van der Waals surface area contributed by atoms with E-state index in [1.807, 2.05) is 6.07 Å². The quantitative estimate of drug-likeness (QED) is 0.917. The Balaban J connectivity index is 1.68. The number of carbonyl (C=O) groups is 1. The number of benzene rings is 1. The van der Waals surface area contributed by atoms with Crippen molar-refractivity contribution < 1.29 is 4.79 Å². The van der Waals surface area contributed by atoms with Crippen LogP contribution in [0.15, 0.2) is 47.4 Å². The van der Waals surface area contributed by atoms with E-state index in [4.69, 9.17) is 0 Å². The fourth-order valence-electron chi connectivity index (χ4n) is 2.75. The highest BCUT2D eigenvalue weighted by atomic mass is 16.2. The number of aromatic amines is 1. The zero-order valence-electron chi connectivity index (χ0n) is 12.6. The summed E-state index contributed by atoms with van der Waals surface area (Å²) in [6.45, 7) is 4.88. The highest BCUT2D eigenvalue weighted by molar-refractivity contribution is 5.94. The zero-order chi connectivity index (χ0) is 15.5. The van der Waals surface area contributed by atoms with E-state index in [0.29, 0.717) is 13.1 Å². The Hall–Kier alpha value is -2.56. The molecule has 0 aliphatic carbocycles. The molecule has 1 aromatic heterocycles. The number of carbonyl (C=O) groups excluding carboxylic acids is 1. The molecule has 1 aliphatic heterocycles. The molecule has 0 spiro atoms. The summed E-state index contributed by atoms with van der Waals surface area (Å²) in [4.78, 5) is 30.7. The van der Waals surface area contributed by atoms with E-state index in [2.05, 4.69) is 35.0 Å². The third-order valence-corrected chi connectivity index (χ3v) is 3.98. The van der Waals surface area contributed by atoms with Crippen molar-refractivity contribution in [1.82, 2.24) is 9.88 Å². The summed E-state index contributed by atoms with van der Waals surface area (Å²) >= 11 is 0. The number of nitrogens with one attached hydrogen (secondary N) is 1. The predicted octanol–water partition coefficient (Wildman–Crippen LogP) is 1.65. The van der Waals surface area contributed by atoms with Gasteiger partial charge in [0.05, 0.1) is 0 Å². The molecule has 5 nitrogen and oxygen atoms in total. The molecular weight excluding hydrogens is 278 g/mol. The molecule has 1 aromatic carbocycles. The van der Waals surface area contributed by atoms with Crippen LogP contribution in [-0.2, 0) is 0 Å². The Labute approximate surface area is 129 Å². The Morgan fingerprint density at radius 1 is 1.09 bits per heavy atom. The lowest BCUT2D eigenvalue weighted by Crippen LogP contribution is -2.49. The van der Waals surface area contributed by atoms with Crippen molar-refractivity contribution in [3.8, 4) is 0 Å². The van der Waals surface area contributed by atoms with Gasteiger partial charge in [0.25, 0.3) is 11.5 Å². The molecule has 22 heavy (non-hydrogen) atoms. The monoisotopic (exact) mass is 297 g/mol. The van der Waals surface area contributed by atoms with Crippen LogP contribution < -0.4 is 10.5 Å². The number of H-pyrrole nitrogens is 1. The van der Waals surface area contributed by atoms with Gasteiger partial charge in [-0.1, -0.05) is 12.1 Å². The Kier molecular flexibility index (Phi) is 3.96. The third kappa shape index (κ3) is 2.88. The number of rotatable bonds is 2. The summed E-state index contributed by atoms with van der Waals surface area (Å²) in [5, 5.41) is 0. The summed E-state index contributed by atoms with van der Waals surface area (Å²) in [7, 11) is 0. The lowest BCUT2D eigenvalue weighted by molar-refractivity contribution is 0.0745. The molecule has 0 bridgehead atoms. The Morgan fingerprint density at radius 3 is 2.55 bits per heavy atom. The molecule has 1 amide bonds. The number of hydrogen-bond acceptors (Lipinski definition) is 3. The van der Waals surface area contributed by atoms with Crippen LogP contribution in [0.2, 0.25) is 0 Å². The van der Waals surface area contributed by atoms with Crippen LogP contribution in [-0.4, -0.2) is 42.0 Å². The van der Waals surface area contributed by atoms with Gasteiger partial charge in [-0.15, -0.1) is 0 Å². The van der Waals surface area contributed by atoms with Crippen molar-refractivity contribution in [2.75, 3.05) is 31.1 Å². The second kappa shape index (κ2) is 6.05. The summed E-state index contributed by atoms with van der Waals surface area (Å²) in [5.74, 6) is -0.189. The summed E-state index contributed by atoms with van der Waals surface area (Å²) in [5.41, 5.74) is 2.30. The van der Waals surface area contributed by atoms with Gasteiger partial charge in [0.1, 0.15) is 5.56 Å². The molecule has 114 valence electrons. The molecule has 1 N–H and O–H groups in total. The topological polar surface area (TPSA) is 56.4 Å². The average Bonchev–Trinajstić information content (AvgIpc) is 2.55. The Bertz CT molecular complexity index is 730. The largest absolute Gasteiger partial charge is 0.368 e. The van der Waals surface area contributed by atoms with Gasteiger partial charge in [-0.25, -0.2) is 0 Å². The second-order valence-electron chi connectivity index (χ2n) is 5.53. The SMILES string of the molecule is Cc1cccc(N2CCN(C(=O)c3ccc[nH]c3=O)CC2)c1. The molecule has 0 saturated carbocycles. The highest BCUT2D eigenvalue weighted by Gasteiger charge is 2.23. The summed E-state index contributed by atoms with van der Waals surface area (Å²) in [6, 6.07) is 11.6. The normalized spacial score (nSPS) is 15.0. The molecular formula is C17H19N3O2. The van der Waals surface area contributed by atoms with Crippen molar-refractivity contribution >= 4 is 11.6 Å². The van der Waals surface area contributed by atoms with E-state index < -0.39 is 0 Å². The molecule has 2 aromatic rings. The highest BCUT2D eigenvalue weighted by Crippen LogP contribution is 2.18. The van der Waals surface area contributed by atoms with Gasteiger partial charge in [-0.2, -0.15) is 0 Å². The van der Waals surface area contributed by atoms with Gasteiger partial charge in [-0.05, 0) is 36.8 Å². The minimum absolute atomic E-state index is 0.189. The van der Waals surface area contributed by atoms with Gasteiger partial charge in [0, 0.05) is 38.1 Å². The van der Waals surface area contributed by atoms with E-state index in [0.717, 1.165) is 13.1 Å². The van der Waals surface area contributed by atoms with Crippen molar-refractivity contribution in [2.24, 2.45) is 0 Å². The number of aryl methyl sites for hydroxylation is 1. The van der Waals surface area contributed by atoms with E-state index in [-0.39, 0.29) is 17.0 Å². The van der Waals surface area contributed by atoms with Gasteiger partial charge in [0.15, 0.2) is 0 Å². The van der Waals surface area contributed by atoms with Gasteiger partial charge < -0.3 is 14.8 Å². The fourth-order valence-corrected chi connectivity index (χ4v) is 2.75. The zero-order valence-corrected chi connectivity index (χ0v) is 12.6. The first-order valence-electron chi connectivity index (χ1n) is 7.44. The molecule has 1 aliphatic rings. The van der Waals surface area contributed by atoms with Crippen LogP contribution in [0.3, 0.4) is 0 Å². The van der Waals surface area contributed by atoms with Crippen molar-refractivity contribution in [3.05, 3.63) is 64.1 Å². The molecule has 5 heteroatoms. The smallest absolute Gasteiger partial charge is 0.260 e. The van der Waals surface area contributed by atoms with Crippen molar-refractivity contribution in [2.45, 2.75) is 6.92 Å². The molecule has 0 atom stereocenters. The van der Waals surface area contributed by atoms with Gasteiger partial charge >= 0.3 is 0 Å². The van der Waals surface area contributed by atoms with Crippen LogP contribution in [0.5, 0.6) is 0 Å². The number of amides is 1. The van der Waals surface area contributed by atoms with Crippen molar-refractivity contribution in [3.63, 3.8) is 0 Å². The number of hydrogen-bond donors (Lipinski definition) is 1. The molecule has 1 fully saturated rings. The fraction of sp³-hybridized carbons (Fsp3) is 0.294. The lowest BCUT2D eigenvalue weighted by atomic mass is 10.1. The van der Waals surface area contributed by atoms with Crippen LogP contribution in [0.1, 0.15) is 15.9 Å². The third-order valence-electron chi connectivity index (χ3n) is 3.98. The number of aromatic nitrogens is 1. The van der Waals surface area contributed by atoms with Crippen molar-refractivity contribution in [1.29, 1.82) is 0 Å².